The number of benzene rings is 1. The largest absolute Gasteiger partial charge is 0.486 e. The Bertz CT molecular complexity index is 815. The zero-order valence-electron chi connectivity index (χ0n) is 20.6. The highest BCUT2D eigenvalue weighted by Crippen LogP contribution is 2.44. The molecule has 0 spiro atoms. The van der Waals surface area contributed by atoms with Gasteiger partial charge in [0.05, 0.1) is 4.75 Å². The van der Waals surface area contributed by atoms with E-state index in [4.69, 9.17) is 4.74 Å². The molecule has 1 atom stereocenters. The summed E-state index contributed by atoms with van der Waals surface area (Å²) in [7, 11) is 0. The third kappa shape index (κ3) is 7.89. The minimum Gasteiger partial charge on any atom is -0.486 e. The average Bonchev–Trinajstić information content (AvgIpc) is 3.09. The standard InChI is InChI=1S/C27H40N2O3S/c1-4-5-6-7-8-9-14-27(3)24(19-26(31)33-27)32-21-25(30)29-17-15-28(16-18-29)20-23-12-10-22(2)11-13-23/h10-13,19H,4-9,14-18,20-21H2,1-3H3. The van der Waals surface area contributed by atoms with Crippen LogP contribution in [0.15, 0.2) is 36.1 Å². The summed E-state index contributed by atoms with van der Waals surface area (Å²) in [6.45, 7) is 10.5. The molecule has 182 valence electrons. The second-order valence-corrected chi connectivity index (χ2v) is 11.1. The number of hydrogen-bond donors (Lipinski definition) is 0. The fraction of sp³-hybridized carbons (Fsp3) is 0.630. The van der Waals surface area contributed by atoms with E-state index in [2.05, 4.69) is 49.9 Å². The van der Waals surface area contributed by atoms with Crippen LogP contribution in [0.25, 0.3) is 0 Å². The first-order valence-corrected chi connectivity index (χ1v) is 13.3. The highest BCUT2D eigenvalue weighted by Gasteiger charge is 2.39. The number of carbonyl (C=O) groups excluding carboxylic acids is 2. The maximum atomic E-state index is 12.8. The van der Waals surface area contributed by atoms with E-state index in [0.717, 1.165) is 45.6 Å². The van der Waals surface area contributed by atoms with Gasteiger partial charge in [0.15, 0.2) is 6.61 Å². The summed E-state index contributed by atoms with van der Waals surface area (Å²) in [5.74, 6) is 0.689. The van der Waals surface area contributed by atoms with E-state index >= 15 is 0 Å². The molecule has 1 aromatic carbocycles. The first kappa shape index (κ1) is 25.8. The van der Waals surface area contributed by atoms with Crippen molar-refractivity contribution in [2.45, 2.75) is 77.0 Å². The number of rotatable bonds is 12. The van der Waals surface area contributed by atoms with Gasteiger partial charge >= 0.3 is 0 Å². The lowest BCUT2D eigenvalue weighted by atomic mass is 9.99. The van der Waals surface area contributed by atoms with E-state index in [9.17, 15) is 9.59 Å². The number of unbranched alkanes of at least 4 members (excludes halogenated alkanes) is 5. The quantitative estimate of drug-likeness (QED) is 0.385. The first-order valence-electron chi connectivity index (χ1n) is 12.5. The van der Waals surface area contributed by atoms with Gasteiger partial charge in [0.1, 0.15) is 5.76 Å². The number of carbonyl (C=O) groups is 2. The van der Waals surface area contributed by atoms with Crippen LogP contribution in [0.3, 0.4) is 0 Å². The fourth-order valence-corrected chi connectivity index (χ4v) is 5.59. The SMILES string of the molecule is CCCCCCCCC1(C)SC(=O)C=C1OCC(=O)N1CCN(Cc2ccc(C)cc2)CC1. The lowest BCUT2D eigenvalue weighted by molar-refractivity contribution is -0.136. The van der Waals surface area contributed by atoms with Crippen molar-refractivity contribution in [2.24, 2.45) is 0 Å². The zero-order chi connectivity index (χ0) is 23.7. The third-order valence-electron chi connectivity index (χ3n) is 6.71. The van der Waals surface area contributed by atoms with Crippen molar-refractivity contribution in [1.82, 2.24) is 9.80 Å². The molecular weight excluding hydrogens is 432 g/mol. The van der Waals surface area contributed by atoms with Crippen LogP contribution in [0.1, 0.15) is 69.9 Å². The van der Waals surface area contributed by atoms with Crippen LogP contribution in [0.2, 0.25) is 0 Å². The highest BCUT2D eigenvalue weighted by molar-refractivity contribution is 8.15. The first-order chi connectivity index (χ1) is 15.9. The van der Waals surface area contributed by atoms with E-state index in [1.54, 1.807) is 6.08 Å². The molecule has 3 rings (SSSR count). The molecule has 5 nitrogen and oxygen atoms in total. The Hall–Kier alpha value is -1.79. The minimum absolute atomic E-state index is 0.0113. The summed E-state index contributed by atoms with van der Waals surface area (Å²) in [6, 6.07) is 8.65. The normalized spacial score (nSPS) is 21.4. The van der Waals surface area contributed by atoms with Crippen molar-refractivity contribution in [2.75, 3.05) is 32.8 Å². The molecular formula is C27H40N2O3S. The van der Waals surface area contributed by atoms with Gasteiger partial charge in [-0.25, -0.2) is 0 Å². The van der Waals surface area contributed by atoms with Crippen molar-refractivity contribution in [3.63, 3.8) is 0 Å². The Morgan fingerprint density at radius 2 is 1.70 bits per heavy atom. The van der Waals surface area contributed by atoms with Crippen molar-refractivity contribution in [1.29, 1.82) is 0 Å². The molecule has 1 aromatic rings. The molecule has 0 aliphatic carbocycles. The second-order valence-electron chi connectivity index (χ2n) is 9.61. The molecule has 33 heavy (non-hydrogen) atoms. The summed E-state index contributed by atoms with van der Waals surface area (Å²) in [6.07, 6.45) is 9.84. The molecule has 0 radical (unpaired) electrons. The predicted molar refractivity (Wildman–Crippen MR) is 136 cm³/mol. The smallest absolute Gasteiger partial charge is 0.260 e. The number of nitrogens with zero attached hydrogens (tertiary/aromatic N) is 2. The van der Waals surface area contributed by atoms with Crippen LogP contribution in [0.5, 0.6) is 0 Å². The Morgan fingerprint density at radius 1 is 1.03 bits per heavy atom. The zero-order valence-corrected chi connectivity index (χ0v) is 21.4. The lowest BCUT2D eigenvalue weighted by Crippen LogP contribution is -2.49. The molecule has 2 heterocycles. The molecule has 0 aromatic heterocycles. The van der Waals surface area contributed by atoms with Crippen LogP contribution >= 0.6 is 11.8 Å². The summed E-state index contributed by atoms with van der Waals surface area (Å²) in [5, 5.41) is 0.0376. The summed E-state index contributed by atoms with van der Waals surface area (Å²) in [5.41, 5.74) is 2.58. The van der Waals surface area contributed by atoms with E-state index in [-0.39, 0.29) is 22.4 Å². The number of amides is 1. The molecule has 0 N–H and O–H groups in total. The van der Waals surface area contributed by atoms with Gasteiger partial charge < -0.3 is 9.64 Å². The fourth-order valence-electron chi connectivity index (χ4n) is 4.51. The van der Waals surface area contributed by atoms with Gasteiger partial charge in [0, 0.05) is 38.8 Å². The predicted octanol–water partition coefficient (Wildman–Crippen LogP) is 5.32. The van der Waals surface area contributed by atoms with Crippen LogP contribution in [0.4, 0.5) is 0 Å². The van der Waals surface area contributed by atoms with E-state index in [1.165, 1.54) is 55.0 Å². The molecule has 1 saturated heterocycles. The monoisotopic (exact) mass is 472 g/mol. The van der Waals surface area contributed by atoms with Crippen molar-refractivity contribution in [3.8, 4) is 0 Å². The number of hydrogen-bond acceptors (Lipinski definition) is 5. The second kappa shape index (κ2) is 12.6. The summed E-state index contributed by atoms with van der Waals surface area (Å²) < 4.78 is 5.61. The molecule has 1 unspecified atom stereocenters. The molecule has 1 fully saturated rings. The highest BCUT2D eigenvalue weighted by atomic mass is 32.2. The van der Waals surface area contributed by atoms with E-state index < -0.39 is 0 Å². The third-order valence-corrected chi connectivity index (χ3v) is 7.88. The van der Waals surface area contributed by atoms with Crippen LogP contribution in [-0.2, 0) is 20.9 Å². The Morgan fingerprint density at radius 3 is 2.39 bits per heavy atom. The Labute approximate surface area is 203 Å². The van der Waals surface area contributed by atoms with Crippen LogP contribution in [-0.4, -0.2) is 58.4 Å². The van der Waals surface area contributed by atoms with Crippen molar-refractivity contribution >= 4 is 22.8 Å². The number of aryl methyl sites for hydroxylation is 1. The Kier molecular flexibility index (Phi) is 9.87. The summed E-state index contributed by atoms with van der Waals surface area (Å²) in [4.78, 5) is 29.2. The Balaban J connectivity index is 1.40. The molecule has 0 bridgehead atoms. The molecule has 2 aliphatic rings. The number of ether oxygens (including phenoxy) is 1. The van der Waals surface area contributed by atoms with E-state index in [1.807, 2.05) is 4.90 Å². The number of piperazine rings is 1. The molecule has 0 saturated carbocycles. The molecule has 1 amide bonds. The van der Waals surface area contributed by atoms with Gasteiger partial charge in [0.25, 0.3) is 5.91 Å². The maximum Gasteiger partial charge on any atom is 0.260 e. The molecule has 6 heteroatoms. The summed E-state index contributed by atoms with van der Waals surface area (Å²) >= 11 is 1.35. The maximum absolute atomic E-state index is 12.8. The molecule has 2 aliphatic heterocycles. The number of thioether (sulfide) groups is 1. The van der Waals surface area contributed by atoms with Gasteiger partial charge in [-0.3, -0.25) is 14.5 Å². The van der Waals surface area contributed by atoms with Gasteiger partial charge in [0.2, 0.25) is 5.12 Å². The average molecular weight is 473 g/mol. The lowest BCUT2D eigenvalue weighted by Gasteiger charge is -2.35. The van der Waals surface area contributed by atoms with Gasteiger partial charge in [-0.2, -0.15) is 0 Å². The van der Waals surface area contributed by atoms with Crippen molar-refractivity contribution < 1.29 is 14.3 Å². The van der Waals surface area contributed by atoms with Crippen LogP contribution in [0, 0.1) is 6.92 Å². The minimum atomic E-state index is -0.338. The van der Waals surface area contributed by atoms with Gasteiger partial charge in [-0.05, 0) is 25.8 Å². The van der Waals surface area contributed by atoms with Gasteiger partial charge in [-0.15, -0.1) is 0 Å². The van der Waals surface area contributed by atoms with Crippen molar-refractivity contribution in [3.05, 3.63) is 47.2 Å². The topological polar surface area (TPSA) is 49.9 Å². The van der Waals surface area contributed by atoms with E-state index in [0.29, 0.717) is 5.76 Å². The van der Waals surface area contributed by atoms with Crippen LogP contribution < -0.4 is 0 Å². The van der Waals surface area contributed by atoms with Gasteiger partial charge in [-0.1, -0.05) is 87.0 Å².